The van der Waals surface area contributed by atoms with Crippen molar-refractivity contribution in [1.29, 1.82) is 0 Å². The lowest BCUT2D eigenvalue weighted by atomic mass is 9.52. The Morgan fingerprint density at radius 1 is 0.959 bits per heavy atom. The smallest absolute Gasteiger partial charge is 0.255 e. The summed E-state index contributed by atoms with van der Waals surface area (Å²) in [5.74, 6) is -0.167. The quantitative estimate of drug-likeness (QED) is 0.429. The highest BCUT2D eigenvalue weighted by Crippen LogP contribution is 2.53. The molecule has 1 aromatic heterocycles. The maximum Gasteiger partial charge on any atom is 0.255 e. The third-order valence-corrected chi connectivity index (χ3v) is 11.5. The number of amides is 4. The predicted molar refractivity (Wildman–Crippen MR) is 184 cm³/mol. The average Bonchev–Trinajstić information content (AvgIpc) is 3.38. The van der Waals surface area contributed by atoms with Gasteiger partial charge in [-0.1, -0.05) is 27.7 Å². The van der Waals surface area contributed by atoms with Crippen molar-refractivity contribution in [3.8, 4) is 0 Å². The minimum Gasteiger partial charge on any atom is -0.367 e. The van der Waals surface area contributed by atoms with E-state index in [-0.39, 0.29) is 54.0 Å². The molecule has 0 bridgehead atoms. The van der Waals surface area contributed by atoms with Crippen molar-refractivity contribution in [1.82, 2.24) is 25.4 Å². The molecule has 3 saturated heterocycles. The van der Waals surface area contributed by atoms with Crippen molar-refractivity contribution in [3.63, 3.8) is 0 Å². The van der Waals surface area contributed by atoms with Crippen LogP contribution in [0, 0.1) is 22.6 Å². The first-order chi connectivity index (χ1) is 23.3. The van der Waals surface area contributed by atoms with Crippen LogP contribution in [0.1, 0.15) is 86.1 Å². The molecule has 11 nitrogen and oxygen atoms in total. The van der Waals surface area contributed by atoms with Crippen LogP contribution in [-0.4, -0.2) is 96.3 Å². The molecular formula is C37H48FN7O4. The van der Waals surface area contributed by atoms with Crippen molar-refractivity contribution >= 4 is 35.1 Å². The van der Waals surface area contributed by atoms with Crippen LogP contribution < -0.4 is 20.4 Å². The van der Waals surface area contributed by atoms with E-state index in [1.54, 1.807) is 12.3 Å². The Morgan fingerprint density at radius 2 is 1.67 bits per heavy atom. The number of fused-ring (bicyclic) bond motifs is 1. The zero-order valence-electron chi connectivity index (χ0n) is 29.1. The highest BCUT2D eigenvalue weighted by Gasteiger charge is 2.53. The summed E-state index contributed by atoms with van der Waals surface area (Å²) in [6.45, 7) is 15.0. The molecule has 1 aliphatic carbocycles. The Kier molecular flexibility index (Phi) is 8.65. The lowest BCUT2D eigenvalue weighted by molar-refractivity contribution is -0.136. The summed E-state index contributed by atoms with van der Waals surface area (Å²) in [5, 5.41) is 5.56. The molecule has 1 atom stereocenters. The fourth-order valence-electron chi connectivity index (χ4n) is 9.32. The molecule has 4 amide bonds. The number of nitrogens with zero attached hydrogens (tertiary/aromatic N) is 5. The van der Waals surface area contributed by atoms with E-state index in [0.29, 0.717) is 35.8 Å². The van der Waals surface area contributed by atoms with E-state index in [1.165, 1.54) is 11.0 Å². The first kappa shape index (κ1) is 33.4. The summed E-state index contributed by atoms with van der Waals surface area (Å²) in [7, 11) is 0. The zero-order valence-corrected chi connectivity index (χ0v) is 29.1. The van der Waals surface area contributed by atoms with Gasteiger partial charge >= 0.3 is 0 Å². The van der Waals surface area contributed by atoms with E-state index in [2.05, 4.69) is 58.0 Å². The van der Waals surface area contributed by atoms with Crippen molar-refractivity contribution in [2.45, 2.75) is 78.4 Å². The summed E-state index contributed by atoms with van der Waals surface area (Å²) in [4.78, 5) is 62.9. The largest absolute Gasteiger partial charge is 0.367 e. The second-order valence-electron chi connectivity index (χ2n) is 16.0. The molecule has 7 rings (SSSR count). The van der Waals surface area contributed by atoms with Crippen LogP contribution >= 0.6 is 0 Å². The van der Waals surface area contributed by atoms with Crippen LogP contribution in [0.2, 0.25) is 0 Å². The van der Waals surface area contributed by atoms with E-state index < -0.39 is 17.8 Å². The van der Waals surface area contributed by atoms with Gasteiger partial charge in [-0.2, -0.15) is 0 Å². The summed E-state index contributed by atoms with van der Waals surface area (Å²) in [6, 6.07) is 6.35. The molecule has 5 aliphatic rings. The van der Waals surface area contributed by atoms with E-state index in [4.69, 9.17) is 0 Å². The molecule has 0 spiro atoms. The van der Waals surface area contributed by atoms with E-state index in [0.717, 1.165) is 63.4 Å². The third-order valence-electron chi connectivity index (χ3n) is 11.5. The van der Waals surface area contributed by atoms with E-state index in [9.17, 15) is 19.2 Å². The summed E-state index contributed by atoms with van der Waals surface area (Å²) >= 11 is 0. The molecule has 1 saturated carbocycles. The lowest BCUT2D eigenvalue weighted by Gasteiger charge is -2.57. The van der Waals surface area contributed by atoms with E-state index in [1.807, 2.05) is 12.1 Å². The average molecular weight is 674 g/mol. The Bertz CT molecular complexity index is 1630. The molecule has 2 N–H and O–H groups in total. The lowest BCUT2D eigenvalue weighted by Crippen LogP contribution is -2.63. The second kappa shape index (κ2) is 12.7. The number of pyridine rings is 1. The number of nitrogens with one attached hydrogen (secondary N) is 2. The molecular weight excluding hydrogens is 625 g/mol. The number of rotatable bonds is 7. The molecule has 1 aromatic carbocycles. The van der Waals surface area contributed by atoms with Crippen LogP contribution in [0.3, 0.4) is 0 Å². The number of hydrogen-bond acceptors (Lipinski definition) is 8. The number of piperidine rings is 2. The highest BCUT2D eigenvalue weighted by atomic mass is 19.1. The molecule has 0 radical (unpaired) electrons. The summed E-state index contributed by atoms with van der Waals surface area (Å²) in [5.41, 5.74) is 2.30. The Balaban J connectivity index is 0.875. The maximum atomic E-state index is 15.4. The van der Waals surface area contributed by atoms with E-state index >= 15 is 4.39 Å². The topological polar surface area (TPSA) is 118 Å². The summed E-state index contributed by atoms with van der Waals surface area (Å²) < 4.78 is 15.4. The second-order valence-corrected chi connectivity index (χ2v) is 16.0. The van der Waals surface area contributed by atoms with Crippen molar-refractivity contribution in [3.05, 3.63) is 53.0 Å². The standard InChI is InChI=1S/C37H48FN7O4/c1-36(2)22-37(3,4)35(36)41-32(47)24-5-7-30(39-19-24)44-11-9-23(10-12-44)20-42-13-15-43(16-14-42)29-17-25-21-45(34(49)26(25)18-27(29)38)28-6-8-31(46)40-33(28)48/h5,7,17-19,23,28,35H,6,8-16,20-22H2,1-4H3,(H,41,47)(H,40,46,48)/t28-/m0/s1. The third kappa shape index (κ3) is 6.51. The van der Waals surface area contributed by atoms with Gasteiger partial charge in [0.25, 0.3) is 11.8 Å². The van der Waals surface area contributed by atoms with Gasteiger partial charge in [0.05, 0.1) is 11.3 Å². The van der Waals surface area contributed by atoms with Gasteiger partial charge in [-0.3, -0.25) is 29.4 Å². The molecule has 4 aliphatic heterocycles. The van der Waals surface area contributed by atoms with Crippen molar-refractivity contribution in [2.75, 3.05) is 55.6 Å². The Hall–Kier alpha value is -4.06. The Labute approximate surface area is 287 Å². The number of piperazine rings is 1. The van der Waals surface area contributed by atoms with Crippen LogP contribution in [0.25, 0.3) is 0 Å². The zero-order chi connectivity index (χ0) is 34.7. The van der Waals surface area contributed by atoms with Gasteiger partial charge < -0.3 is 20.0 Å². The van der Waals surface area contributed by atoms with Gasteiger partial charge in [0.1, 0.15) is 17.7 Å². The molecule has 12 heteroatoms. The first-order valence-corrected chi connectivity index (χ1v) is 17.8. The SMILES string of the molecule is CC1(C)CC(C)(C)C1NC(=O)c1ccc(N2CCC(CN3CCN(c4cc5c(cc4F)C(=O)N([C@H]4CCC(=O)NC4=O)C5)CC3)CC2)nc1. The number of anilines is 2. The van der Waals surface area contributed by atoms with Gasteiger partial charge in [0, 0.05) is 76.6 Å². The molecule has 2 aromatic rings. The molecule has 5 heterocycles. The normalized spacial score (nSPS) is 24.5. The number of aromatic nitrogens is 1. The van der Waals surface area contributed by atoms with Crippen LogP contribution in [0.15, 0.2) is 30.5 Å². The molecule has 49 heavy (non-hydrogen) atoms. The van der Waals surface area contributed by atoms with Crippen molar-refractivity contribution in [2.24, 2.45) is 16.7 Å². The number of carbonyl (C=O) groups excluding carboxylic acids is 4. The number of benzene rings is 1. The minimum absolute atomic E-state index is 0.0610. The van der Waals surface area contributed by atoms with Gasteiger partial charge in [0.15, 0.2) is 0 Å². The predicted octanol–water partition coefficient (Wildman–Crippen LogP) is 3.57. The fraction of sp³-hybridized carbons (Fsp3) is 0.595. The van der Waals surface area contributed by atoms with Crippen LogP contribution in [0.5, 0.6) is 0 Å². The van der Waals surface area contributed by atoms with Crippen LogP contribution in [0.4, 0.5) is 15.9 Å². The first-order valence-electron chi connectivity index (χ1n) is 17.8. The monoisotopic (exact) mass is 673 g/mol. The van der Waals surface area contributed by atoms with Crippen LogP contribution in [-0.2, 0) is 16.1 Å². The summed E-state index contributed by atoms with van der Waals surface area (Å²) in [6.07, 6.45) is 5.38. The van der Waals surface area contributed by atoms with Gasteiger partial charge in [-0.15, -0.1) is 0 Å². The fourth-order valence-corrected chi connectivity index (χ4v) is 9.32. The number of carbonyl (C=O) groups is 4. The maximum absolute atomic E-state index is 15.4. The van der Waals surface area contributed by atoms with Gasteiger partial charge in [-0.05, 0) is 72.3 Å². The number of halogens is 1. The van der Waals surface area contributed by atoms with Gasteiger partial charge in [-0.25, -0.2) is 9.37 Å². The number of imide groups is 1. The van der Waals surface area contributed by atoms with Crippen molar-refractivity contribution < 1.29 is 23.6 Å². The minimum atomic E-state index is -0.716. The highest BCUT2D eigenvalue weighted by molar-refractivity contribution is 6.05. The molecule has 0 unspecified atom stereocenters. The molecule has 4 fully saturated rings. The number of hydrogen-bond donors (Lipinski definition) is 2. The van der Waals surface area contributed by atoms with Gasteiger partial charge in [0.2, 0.25) is 11.8 Å². The molecule has 262 valence electrons. The Morgan fingerprint density at radius 3 is 2.31 bits per heavy atom.